The number of nitrogens with zero attached hydrogens (tertiary/aromatic N) is 2. The van der Waals surface area contributed by atoms with Crippen molar-refractivity contribution < 1.29 is 0 Å². The minimum Gasteiger partial charge on any atom is -0.230 e. The van der Waals surface area contributed by atoms with E-state index in [4.69, 9.17) is 5.26 Å². The fourth-order valence-electron chi connectivity index (χ4n) is 0.625. The highest BCUT2D eigenvalue weighted by Gasteiger charge is 1.99. The fourth-order valence-corrected chi connectivity index (χ4v) is 1.92. The van der Waals surface area contributed by atoms with Crippen LogP contribution < -0.4 is 0 Å². The van der Waals surface area contributed by atoms with E-state index >= 15 is 0 Å². The topological polar surface area (TPSA) is 36.7 Å². The smallest absolute Gasteiger partial charge is 0.141 e. The van der Waals surface area contributed by atoms with Gasteiger partial charge in [0, 0.05) is 5.33 Å². The van der Waals surface area contributed by atoms with E-state index in [1.54, 1.807) is 6.07 Å². The predicted octanol–water partition coefficient (Wildman–Crippen LogP) is 2.61. The largest absolute Gasteiger partial charge is 0.230 e. The summed E-state index contributed by atoms with van der Waals surface area (Å²) >= 11 is 6.56. The van der Waals surface area contributed by atoms with E-state index in [0.717, 1.165) is 15.5 Å². The predicted molar refractivity (Wildman–Crippen MR) is 49.3 cm³/mol. The molecule has 0 radical (unpaired) electrons. The van der Waals surface area contributed by atoms with Crippen molar-refractivity contribution in [2.24, 2.45) is 0 Å². The zero-order valence-corrected chi connectivity index (χ0v) is 8.68. The second kappa shape index (κ2) is 3.84. The van der Waals surface area contributed by atoms with Crippen molar-refractivity contribution in [3.05, 3.63) is 28.0 Å². The Kier molecular flexibility index (Phi) is 3.03. The van der Waals surface area contributed by atoms with Crippen LogP contribution in [0, 0.1) is 11.3 Å². The Morgan fingerprint density at radius 2 is 2.27 bits per heavy atom. The van der Waals surface area contributed by atoms with Crippen LogP contribution in [0.4, 0.5) is 0 Å². The highest BCUT2D eigenvalue weighted by molar-refractivity contribution is 9.10. The molecule has 2 nitrogen and oxygen atoms in total. The van der Waals surface area contributed by atoms with Crippen LogP contribution in [0.3, 0.4) is 0 Å². The maximum Gasteiger partial charge on any atom is 0.141 e. The van der Waals surface area contributed by atoms with Crippen LogP contribution >= 0.6 is 31.9 Å². The number of halogens is 2. The summed E-state index contributed by atoms with van der Waals surface area (Å²) in [6, 6.07) is 5.52. The minimum atomic E-state index is 0.432. The Bertz CT molecular complexity index is 304. The molecule has 0 aliphatic rings. The van der Waals surface area contributed by atoms with Gasteiger partial charge in [0.05, 0.1) is 0 Å². The van der Waals surface area contributed by atoms with Crippen LogP contribution in [0.15, 0.2) is 16.7 Å². The summed E-state index contributed by atoms with van der Waals surface area (Å²) in [6.07, 6.45) is 0. The molecular weight excluding hydrogens is 272 g/mol. The number of aromatic nitrogens is 1. The number of alkyl halides is 1. The molecule has 0 N–H and O–H groups in total. The number of hydrogen-bond donors (Lipinski definition) is 0. The Morgan fingerprint density at radius 1 is 1.55 bits per heavy atom. The normalized spacial score (nSPS) is 9.18. The molecule has 1 rings (SSSR count). The van der Waals surface area contributed by atoms with E-state index in [1.165, 1.54) is 0 Å². The van der Waals surface area contributed by atoms with Crippen molar-refractivity contribution in [2.75, 3.05) is 0 Å². The number of pyridine rings is 1. The first-order chi connectivity index (χ1) is 5.27. The van der Waals surface area contributed by atoms with Gasteiger partial charge >= 0.3 is 0 Å². The van der Waals surface area contributed by atoms with Crippen molar-refractivity contribution in [1.29, 1.82) is 5.26 Å². The lowest BCUT2D eigenvalue weighted by atomic mass is 10.3. The molecule has 1 aromatic rings. The van der Waals surface area contributed by atoms with Crippen molar-refractivity contribution in [2.45, 2.75) is 5.33 Å². The summed E-state index contributed by atoms with van der Waals surface area (Å²) in [4.78, 5) is 3.99. The Hall–Kier alpha value is -0.400. The molecule has 0 saturated carbocycles. The lowest BCUT2D eigenvalue weighted by Crippen LogP contribution is -1.87. The molecule has 1 aromatic heterocycles. The SMILES string of the molecule is N#Cc1ccc(CBr)c(Br)n1. The number of hydrogen-bond acceptors (Lipinski definition) is 2. The van der Waals surface area contributed by atoms with Gasteiger partial charge in [0.2, 0.25) is 0 Å². The molecule has 0 amide bonds. The first-order valence-corrected chi connectivity index (χ1v) is 4.81. The standard InChI is InChI=1S/C7H4Br2N2/c8-3-5-1-2-6(4-10)11-7(5)9/h1-2H,3H2. The molecular formula is C7H4Br2N2. The maximum atomic E-state index is 8.48. The van der Waals surface area contributed by atoms with Gasteiger partial charge in [-0.2, -0.15) is 5.26 Å². The Morgan fingerprint density at radius 3 is 2.73 bits per heavy atom. The van der Waals surface area contributed by atoms with Crippen LogP contribution in [-0.4, -0.2) is 4.98 Å². The minimum absolute atomic E-state index is 0.432. The van der Waals surface area contributed by atoms with Gasteiger partial charge in [0.15, 0.2) is 0 Å². The molecule has 0 bridgehead atoms. The fraction of sp³-hybridized carbons (Fsp3) is 0.143. The third-order valence-electron chi connectivity index (χ3n) is 1.18. The molecule has 4 heteroatoms. The van der Waals surface area contributed by atoms with E-state index < -0.39 is 0 Å². The molecule has 56 valence electrons. The second-order valence-corrected chi connectivity index (χ2v) is 3.20. The first kappa shape index (κ1) is 8.69. The Labute approximate surface area is 81.5 Å². The van der Waals surface area contributed by atoms with Crippen LogP contribution in [0.5, 0.6) is 0 Å². The summed E-state index contributed by atoms with van der Waals surface area (Å²) < 4.78 is 0.730. The highest BCUT2D eigenvalue weighted by Crippen LogP contribution is 2.16. The summed E-state index contributed by atoms with van der Waals surface area (Å²) in [5, 5.41) is 9.22. The summed E-state index contributed by atoms with van der Waals surface area (Å²) in [5.74, 6) is 0. The van der Waals surface area contributed by atoms with Gasteiger partial charge in [-0.3, -0.25) is 0 Å². The lowest BCUT2D eigenvalue weighted by Gasteiger charge is -1.97. The van der Waals surface area contributed by atoms with Gasteiger partial charge in [0.25, 0.3) is 0 Å². The Balaban J connectivity index is 3.12. The van der Waals surface area contributed by atoms with Crippen LogP contribution in [0.25, 0.3) is 0 Å². The summed E-state index contributed by atoms with van der Waals surface area (Å²) in [5.41, 5.74) is 1.48. The van der Waals surface area contributed by atoms with E-state index in [0.29, 0.717) is 5.69 Å². The molecule has 0 atom stereocenters. The molecule has 0 aromatic carbocycles. The number of nitriles is 1. The van der Waals surface area contributed by atoms with E-state index in [9.17, 15) is 0 Å². The molecule has 11 heavy (non-hydrogen) atoms. The third-order valence-corrected chi connectivity index (χ3v) is 2.48. The third kappa shape index (κ3) is 2.01. The zero-order chi connectivity index (χ0) is 8.27. The van der Waals surface area contributed by atoms with E-state index in [-0.39, 0.29) is 0 Å². The van der Waals surface area contributed by atoms with Gasteiger partial charge in [-0.05, 0) is 27.6 Å². The average Bonchev–Trinajstić information content (AvgIpc) is 2.04. The first-order valence-electron chi connectivity index (χ1n) is 2.89. The highest BCUT2D eigenvalue weighted by atomic mass is 79.9. The van der Waals surface area contributed by atoms with Crippen molar-refractivity contribution >= 4 is 31.9 Å². The lowest BCUT2D eigenvalue weighted by molar-refractivity contribution is 1.17. The van der Waals surface area contributed by atoms with E-state index in [1.807, 2.05) is 12.1 Å². The molecule has 0 aliphatic carbocycles. The molecule has 1 heterocycles. The summed E-state index contributed by atoms with van der Waals surface area (Å²) in [7, 11) is 0. The van der Waals surface area contributed by atoms with Crippen molar-refractivity contribution in [3.63, 3.8) is 0 Å². The average molecular weight is 276 g/mol. The van der Waals surface area contributed by atoms with Gasteiger partial charge in [-0.1, -0.05) is 22.0 Å². The van der Waals surface area contributed by atoms with Gasteiger partial charge in [-0.15, -0.1) is 0 Å². The van der Waals surface area contributed by atoms with Gasteiger partial charge in [0.1, 0.15) is 16.4 Å². The molecule has 0 saturated heterocycles. The zero-order valence-electron chi connectivity index (χ0n) is 5.51. The van der Waals surface area contributed by atoms with Crippen LogP contribution in [0.1, 0.15) is 11.3 Å². The maximum absolute atomic E-state index is 8.48. The second-order valence-electron chi connectivity index (χ2n) is 1.89. The van der Waals surface area contributed by atoms with Crippen molar-refractivity contribution in [1.82, 2.24) is 4.98 Å². The molecule has 0 fully saturated rings. The molecule has 0 aliphatic heterocycles. The number of rotatable bonds is 1. The quantitative estimate of drug-likeness (QED) is 0.584. The van der Waals surface area contributed by atoms with Crippen molar-refractivity contribution in [3.8, 4) is 6.07 Å². The monoisotopic (exact) mass is 274 g/mol. The van der Waals surface area contributed by atoms with E-state index in [2.05, 4.69) is 36.8 Å². The van der Waals surface area contributed by atoms with Crippen LogP contribution in [0.2, 0.25) is 0 Å². The van der Waals surface area contributed by atoms with Gasteiger partial charge in [-0.25, -0.2) is 4.98 Å². The van der Waals surface area contributed by atoms with Gasteiger partial charge < -0.3 is 0 Å². The summed E-state index contributed by atoms with van der Waals surface area (Å²) in [6.45, 7) is 0. The molecule has 0 spiro atoms. The molecule has 0 unspecified atom stereocenters. The van der Waals surface area contributed by atoms with Crippen LogP contribution in [-0.2, 0) is 5.33 Å².